The van der Waals surface area contributed by atoms with Crippen molar-refractivity contribution in [1.82, 2.24) is 9.97 Å². The molecule has 0 saturated carbocycles. The van der Waals surface area contributed by atoms with Gasteiger partial charge in [-0.15, -0.1) is 0 Å². The van der Waals surface area contributed by atoms with Gasteiger partial charge in [-0.2, -0.15) is 0 Å². The summed E-state index contributed by atoms with van der Waals surface area (Å²) in [6.45, 7) is 0. The van der Waals surface area contributed by atoms with Crippen LogP contribution in [0.3, 0.4) is 0 Å². The fourth-order valence-corrected chi connectivity index (χ4v) is 2.40. The molecule has 0 unspecified atom stereocenters. The average molecular weight is 308 g/mol. The predicted molar refractivity (Wildman–Crippen MR) is 86.1 cm³/mol. The number of halogens is 1. The highest BCUT2D eigenvalue weighted by atomic mass is 19.1. The second-order valence-electron chi connectivity index (χ2n) is 4.91. The van der Waals surface area contributed by atoms with Crippen molar-refractivity contribution in [3.05, 3.63) is 72.4 Å². The number of aliphatic carboxylic acids is 1. The first-order valence-corrected chi connectivity index (χ1v) is 6.94. The zero-order chi connectivity index (χ0) is 16.2. The number of rotatable bonds is 4. The van der Waals surface area contributed by atoms with Gasteiger partial charge in [0.15, 0.2) is 0 Å². The van der Waals surface area contributed by atoms with E-state index in [0.29, 0.717) is 0 Å². The van der Waals surface area contributed by atoms with Crippen molar-refractivity contribution in [2.75, 3.05) is 0 Å². The molecular formula is C18H13FN2O2. The van der Waals surface area contributed by atoms with Crippen LogP contribution in [0.2, 0.25) is 0 Å². The minimum Gasteiger partial charge on any atom is -0.478 e. The van der Waals surface area contributed by atoms with Crippen molar-refractivity contribution in [3.63, 3.8) is 0 Å². The monoisotopic (exact) mass is 308 g/mol. The van der Waals surface area contributed by atoms with Gasteiger partial charge in [0.25, 0.3) is 0 Å². The number of pyridine rings is 1. The highest BCUT2D eigenvalue weighted by Crippen LogP contribution is 2.35. The lowest BCUT2D eigenvalue weighted by atomic mass is 9.98. The standard InChI is InChI=1S/C18H13FN2O2/c19-15-4-1-13(2-5-15)18-17(12-7-9-20-10-8-12)14(11-21-18)3-6-16(22)23/h1-11,21H,(H,22,23). The van der Waals surface area contributed by atoms with E-state index >= 15 is 0 Å². The molecule has 0 radical (unpaired) electrons. The third-order valence-electron chi connectivity index (χ3n) is 3.42. The largest absolute Gasteiger partial charge is 0.478 e. The molecule has 1 aromatic carbocycles. The van der Waals surface area contributed by atoms with Gasteiger partial charge >= 0.3 is 5.97 Å². The molecule has 2 aromatic heterocycles. The van der Waals surface area contributed by atoms with Crippen LogP contribution in [-0.4, -0.2) is 21.0 Å². The molecule has 23 heavy (non-hydrogen) atoms. The molecule has 0 aliphatic rings. The Morgan fingerprint density at radius 2 is 1.78 bits per heavy atom. The molecule has 0 spiro atoms. The van der Waals surface area contributed by atoms with Crippen molar-refractivity contribution in [3.8, 4) is 22.4 Å². The van der Waals surface area contributed by atoms with Gasteiger partial charge < -0.3 is 10.1 Å². The Balaban J connectivity index is 2.17. The molecule has 0 aliphatic heterocycles. The van der Waals surface area contributed by atoms with Crippen LogP contribution in [0, 0.1) is 5.82 Å². The van der Waals surface area contributed by atoms with Crippen LogP contribution in [0.25, 0.3) is 28.5 Å². The number of hydrogen-bond donors (Lipinski definition) is 2. The van der Waals surface area contributed by atoms with E-state index in [-0.39, 0.29) is 5.82 Å². The van der Waals surface area contributed by atoms with Gasteiger partial charge in [-0.25, -0.2) is 9.18 Å². The second-order valence-corrected chi connectivity index (χ2v) is 4.91. The normalized spacial score (nSPS) is 11.0. The summed E-state index contributed by atoms with van der Waals surface area (Å²) in [5.74, 6) is -1.33. The van der Waals surface area contributed by atoms with Crippen molar-refractivity contribution in [2.45, 2.75) is 0 Å². The fourth-order valence-electron chi connectivity index (χ4n) is 2.40. The van der Waals surface area contributed by atoms with Crippen LogP contribution in [0.5, 0.6) is 0 Å². The summed E-state index contributed by atoms with van der Waals surface area (Å²) in [7, 11) is 0. The Morgan fingerprint density at radius 1 is 1.09 bits per heavy atom. The number of aromatic amines is 1. The number of carbonyl (C=O) groups is 1. The summed E-state index contributed by atoms with van der Waals surface area (Å²) in [5.41, 5.74) is 4.08. The lowest BCUT2D eigenvalue weighted by Crippen LogP contribution is -1.87. The number of nitrogens with zero attached hydrogens (tertiary/aromatic N) is 1. The van der Waals surface area contributed by atoms with Crippen molar-refractivity contribution < 1.29 is 14.3 Å². The lowest BCUT2D eigenvalue weighted by molar-refractivity contribution is -0.131. The third-order valence-corrected chi connectivity index (χ3v) is 3.42. The quantitative estimate of drug-likeness (QED) is 0.716. The zero-order valence-electron chi connectivity index (χ0n) is 12.0. The fraction of sp³-hybridized carbons (Fsp3) is 0. The SMILES string of the molecule is O=C(O)C=Cc1c[nH]c(-c2ccc(F)cc2)c1-c1ccncc1. The first kappa shape index (κ1) is 14.7. The van der Waals surface area contributed by atoms with Gasteiger partial charge in [0.1, 0.15) is 5.82 Å². The van der Waals surface area contributed by atoms with E-state index < -0.39 is 5.97 Å². The maximum atomic E-state index is 13.1. The number of carboxylic acids is 1. The maximum Gasteiger partial charge on any atom is 0.328 e. The van der Waals surface area contributed by atoms with Crippen molar-refractivity contribution in [2.24, 2.45) is 0 Å². The van der Waals surface area contributed by atoms with Crippen molar-refractivity contribution >= 4 is 12.0 Å². The summed E-state index contributed by atoms with van der Waals surface area (Å²) in [5, 5.41) is 8.84. The smallest absolute Gasteiger partial charge is 0.328 e. The molecule has 0 bridgehead atoms. The van der Waals surface area contributed by atoms with Gasteiger partial charge in [-0.1, -0.05) is 0 Å². The van der Waals surface area contributed by atoms with Crippen LogP contribution in [-0.2, 0) is 4.79 Å². The molecule has 0 saturated heterocycles. The molecule has 5 heteroatoms. The minimum absolute atomic E-state index is 0.309. The first-order valence-electron chi connectivity index (χ1n) is 6.94. The Hall–Kier alpha value is -3.21. The molecule has 2 heterocycles. The number of H-pyrrole nitrogens is 1. The van der Waals surface area contributed by atoms with E-state index in [9.17, 15) is 9.18 Å². The maximum absolute atomic E-state index is 13.1. The average Bonchev–Trinajstić information content (AvgIpc) is 2.98. The van der Waals surface area contributed by atoms with Crippen LogP contribution < -0.4 is 0 Å². The van der Waals surface area contributed by atoms with Crippen LogP contribution in [0.4, 0.5) is 4.39 Å². The van der Waals surface area contributed by atoms with Gasteiger partial charge in [0.2, 0.25) is 0 Å². The van der Waals surface area contributed by atoms with Gasteiger partial charge in [0.05, 0.1) is 5.69 Å². The van der Waals surface area contributed by atoms with E-state index in [1.807, 2.05) is 12.1 Å². The van der Waals surface area contributed by atoms with E-state index in [2.05, 4.69) is 9.97 Å². The third kappa shape index (κ3) is 3.18. The van der Waals surface area contributed by atoms with E-state index in [1.54, 1.807) is 30.7 Å². The van der Waals surface area contributed by atoms with Crippen LogP contribution in [0.1, 0.15) is 5.56 Å². The van der Waals surface area contributed by atoms with Crippen LogP contribution >= 0.6 is 0 Å². The Morgan fingerprint density at radius 3 is 2.43 bits per heavy atom. The number of nitrogens with one attached hydrogen (secondary N) is 1. The molecule has 3 rings (SSSR count). The Labute approximate surface area is 132 Å². The summed E-state index contributed by atoms with van der Waals surface area (Å²) in [6.07, 6.45) is 7.68. The van der Waals surface area contributed by atoms with Crippen molar-refractivity contribution in [1.29, 1.82) is 0 Å². The molecule has 2 N–H and O–H groups in total. The molecule has 0 atom stereocenters. The zero-order valence-corrected chi connectivity index (χ0v) is 12.0. The molecule has 0 aliphatic carbocycles. The molecule has 0 amide bonds. The van der Waals surface area contributed by atoms with Gasteiger partial charge in [0, 0.05) is 35.8 Å². The van der Waals surface area contributed by atoms with Gasteiger partial charge in [-0.05, 0) is 53.6 Å². The first-order chi connectivity index (χ1) is 11.1. The number of hydrogen-bond acceptors (Lipinski definition) is 2. The highest BCUT2D eigenvalue weighted by molar-refractivity contribution is 5.92. The highest BCUT2D eigenvalue weighted by Gasteiger charge is 2.13. The minimum atomic E-state index is -1.02. The van der Waals surface area contributed by atoms with E-state index in [1.165, 1.54) is 18.2 Å². The summed E-state index contributed by atoms with van der Waals surface area (Å²) < 4.78 is 13.1. The number of aromatic nitrogens is 2. The summed E-state index contributed by atoms with van der Waals surface area (Å²) in [6, 6.07) is 9.81. The molecule has 0 fully saturated rings. The van der Waals surface area contributed by atoms with E-state index in [0.717, 1.165) is 34.0 Å². The molecule has 4 nitrogen and oxygen atoms in total. The topological polar surface area (TPSA) is 66.0 Å². The second kappa shape index (κ2) is 6.27. The summed E-state index contributed by atoms with van der Waals surface area (Å²) in [4.78, 5) is 17.9. The molecular weight excluding hydrogens is 295 g/mol. The Bertz CT molecular complexity index is 852. The lowest BCUT2D eigenvalue weighted by Gasteiger charge is -2.06. The predicted octanol–water partition coefficient (Wildman–Crippen LogP) is 3.98. The molecule has 114 valence electrons. The Kier molecular flexibility index (Phi) is 4.01. The van der Waals surface area contributed by atoms with Crippen LogP contribution in [0.15, 0.2) is 61.1 Å². The van der Waals surface area contributed by atoms with E-state index in [4.69, 9.17) is 5.11 Å². The molecule has 3 aromatic rings. The number of benzene rings is 1. The van der Waals surface area contributed by atoms with Gasteiger partial charge in [-0.3, -0.25) is 4.98 Å². The number of carboxylic acid groups (broad SMARTS) is 1. The summed E-state index contributed by atoms with van der Waals surface area (Å²) >= 11 is 0.